The number of benzene rings is 2. The molecule has 2 aromatic rings. The molecule has 0 aromatic heterocycles. The largest absolute Gasteiger partial charge is 0.466 e. The van der Waals surface area contributed by atoms with Crippen LogP contribution in [0, 0.1) is 6.92 Å². The lowest BCUT2D eigenvalue weighted by Crippen LogP contribution is -2.39. The molecule has 8 nitrogen and oxygen atoms in total. The van der Waals surface area contributed by atoms with Gasteiger partial charge in [0.05, 0.1) is 37.8 Å². The Morgan fingerprint density at radius 3 is 2.31 bits per heavy atom. The summed E-state index contributed by atoms with van der Waals surface area (Å²) in [4.78, 5) is 26.1. The lowest BCUT2D eigenvalue weighted by molar-refractivity contribution is -0.140. The van der Waals surface area contributed by atoms with Crippen LogP contribution in [0.3, 0.4) is 0 Å². The molecule has 0 saturated heterocycles. The van der Waals surface area contributed by atoms with E-state index in [0.29, 0.717) is 11.4 Å². The van der Waals surface area contributed by atoms with E-state index in [4.69, 9.17) is 14.2 Å². The maximum atomic E-state index is 12.4. The van der Waals surface area contributed by atoms with Crippen LogP contribution in [0.1, 0.15) is 5.56 Å². The van der Waals surface area contributed by atoms with Gasteiger partial charge in [0.2, 0.25) is 0 Å². The van der Waals surface area contributed by atoms with Crippen molar-refractivity contribution in [3.63, 3.8) is 0 Å². The second kappa shape index (κ2) is 9.11. The molecule has 1 aliphatic heterocycles. The summed E-state index contributed by atoms with van der Waals surface area (Å²) in [5.41, 5.74) is 3.13. The molecule has 8 heteroatoms. The van der Waals surface area contributed by atoms with Crippen molar-refractivity contribution in [2.24, 2.45) is 10.2 Å². The normalized spacial score (nSPS) is 14.2. The molecular weight excluding hydrogens is 374 g/mol. The van der Waals surface area contributed by atoms with Crippen molar-refractivity contribution in [1.82, 2.24) is 0 Å². The molecule has 2 aromatic carbocycles. The number of hydrogen-bond acceptors (Lipinski definition) is 8. The van der Waals surface area contributed by atoms with Crippen LogP contribution in [0.25, 0.3) is 0 Å². The third-order valence-corrected chi connectivity index (χ3v) is 4.34. The average molecular weight is 395 g/mol. The Kier molecular flexibility index (Phi) is 6.36. The van der Waals surface area contributed by atoms with Gasteiger partial charge in [0.25, 0.3) is 0 Å². The van der Waals surface area contributed by atoms with E-state index in [1.807, 2.05) is 43.3 Å². The number of rotatable bonds is 5. The van der Waals surface area contributed by atoms with Crippen molar-refractivity contribution in [3.05, 3.63) is 65.4 Å². The fourth-order valence-electron chi connectivity index (χ4n) is 2.95. The molecule has 1 heterocycles. The van der Waals surface area contributed by atoms with E-state index in [1.54, 1.807) is 17.0 Å². The highest BCUT2D eigenvalue weighted by atomic mass is 16.5. The van der Waals surface area contributed by atoms with Crippen LogP contribution in [-0.4, -0.2) is 39.5 Å². The third-order valence-electron chi connectivity index (χ3n) is 4.34. The van der Waals surface area contributed by atoms with Gasteiger partial charge in [-0.2, -0.15) is 10.2 Å². The Labute approximate surface area is 168 Å². The van der Waals surface area contributed by atoms with E-state index in [1.165, 1.54) is 14.2 Å². The van der Waals surface area contributed by atoms with Gasteiger partial charge in [0, 0.05) is 5.69 Å². The predicted octanol–water partition coefficient (Wildman–Crippen LogP) is 3.80. The van der Waals surface area contributed by atoms with Gasteiger partial charge in [-0.1, -0.05) is 18.2 Å². The number of carbonyl (C=O) groups is 2. The highest BCUT2D eigenvalue weighted by molar-refractivity contribution is 6.03. The Morgan fingerprint density at radius 1 is 0.966 bits per heavy atom. The lowest BCUT2D eigenvalue weighted by atomic mass is 10.1. The Bertz CT molecular complexity index is 970. The summed E-state index contributed by atoms with van der Waals surface area (Å²) in [5.74, 6) is -1.28. The predicted molar refractivity (Wildman–Crippen MR) is 106 cm³/mol. The second-order valence-corrected chi connectivity index (χ2v) is 6.22. The molecule has 0 bridgehead atoms. The minimum absolute atomic E-state index is 0.0317. The topological polar surface area (TPSA) is 89.8 Å². The minimum Gasteiger partial charge on any atom is -0.466 e. The molecule has 0 spiro atoms. The van der Waals surface area contributed by atoms with Crippen molar-refractivity contribution < 1.29 is 23.8 Å². The molecule has 0 fully saturated rings. The fourth-order valence-corrected chi connectivity index (χ4v) is 2.95. The maximum absolute atomic E-state index is 12.4. The van der Waals surface area contributed by atoms with E-state index >= 15 is 0 Å². The van der Waals surface area contributed by atoms with Crippen LogP contribution < -0.4 is 4.90 Å². The van der Waals surface area contributed by atoms with Crippen LogP contribution in [0.5, 0.6) is 0 Å². The summed E-state index contributed by atoms with van der Waals surface area (Å²) in [6.07, 6.45) is 0. The van der Waals surface area contributed by atoms with E-state index in [0.717, 1.165) is 11.3 Å². The van der Waals surface area contributed by atoms with Gasteiger partial charge in [-0.15, -0.1) is 0 Å². The Hall–Kier alpha value is -3.52. The maximum Gasteiger partial charge on any atom is 0.355 e. The highest BCUT2D eigenvalue weighted by Crippen LogP contribution is 2.32. The number of esters is 2. The second-order valence-electron chi connectivity index (χ2n) is 6.22. The van der Waals surface area contributed by atoms with E-state index < -0.39 is 11.9 Å². The van der Waals surface area contributed by atoms with Crippen LogP contribution >= 0.6 is 0 Å². The number of methoxy groups -OCH3 is 2. The van der Waals surface area contributed by atoms with Crippen molar-refractivity contribution in [3.8, 4) is 0 Å². The molecule has 0 unspecified atom stereocenters. The molecule has 0 atom stereocenters. The summed E-state index contributed by atoms with van der Waals surface area (Å²) in [6, 6.07) is 14.8. The van der Waals surface area contributed by atoms with Gasteiger partial charge in [0.1, 0.15) is 12.4 Å². The van der Waals surface area contributed by atoms with E-state index in [-0.39, 0.29) is 24.6 Å². The van der Waals surface area contributed by atoms with Gasteiger partial charge >= 0.3 is 11.9 Å². The van der Waals surface area contributed by atoms with E-state index in [2.05, 4.69) is 10.2 Å². The molecule has 0 N–H and O–H groups in total. The van der Waals surface area contributed by atoms with Crippen LogP contribution in [0.4, 0.5) is 17.1 Å². The molecule has 29 heavy (non-hydrogen) atoms. The molecular formula is C21H21N3O5. The van der Waals surface area contributed by atoms with Crippen LogP contribution in [0.15, 0.2) is 70.0 Å². The summed E-state index contributed by atoms with van der Waals surface area (Å²) in [5, 5.41) is 8.45. The molecule has 0 saturated carbocycles. The van der Waals surface area contributed by atoms with Gasteiger partial charge in [-0.05, 0) is 42.8 Å². The molecule has 150 valence electrons. The molecule has 0 aliphatic carbocycles. The van der Waals surface area contributed by atoms with Gasteiger partial charge in [0.15, 0.2) is 0 Å². The zero-order chi connectivity index (χ0) is 20.8. The third kappa shape index (κ3) is 4.49. The Morgan fingerprint density at radius 2 is 1.66 bits per heavy atom. The fraction of sp³-hybridized carbons (Fsp3) is 0.238. The van der Waals surface area contributed by atoms with Crippen molar-refractivity contribution in [2.45, 2.75) is 6.92 Å². The van der Waals surface area contributed by atoms with Crippen LogP contribution in [-0.2, 0) is 23.8 Å². The summed E-state index contributed by atoms with van der Waals surface area (Å²) >= 11 is 0. The minimum atomic E-state index is -0.638. The van der Waals surface area contributed by atoms with Crippen molar-refractivity contribution in [2.75, 3.05) is 32.5 Å². The number of aryl methyl sites for hydroxylation is 1. The van der Waals surface area contributed by atoms with Crippen molar-refractivity contribution in [1.29, 1.82) is 0 Å². The first-order valence-electron chi connectivity index (χ1n) is 8.87. The number of ether oxygens (including phenoxy) is 3. The van der Waals surface area contributed by atoms with Gasteiger partial charge in [-0.3, -0.25) is 0 Å². The molecule has 0 amide bonds. The first-order valence-corrected chi connectivity index (χ1v) is 8.87. The molecule has 0 radical (unpaired) electrons. The van der Waals surface area contributed by atoms with Crippen molar-refractivity contribution >= 4 is 29.0 Å². The monoisotopic (exact) mass is 395 g/mol. The first-order chi connectivity index (χ1) is 14.0. The number of nitrogens with zero attached hydrogens (tertiary/aromatic N) is 3. The van der Waals surface area contributed by atoms with E-state index in [9.17, 15) is 9.59 Å². The van der Waals surface area contributed by atoms with Gasteiger partial charge < -0.3 is 19.1 Å². The summed E-state index contributed by atoms with van der Waals surface area (Å²) in [7, 11) is 2.51. The quantitative estimate of drug-likeness (QED) is 0.565. The standard InChI is InChI=1S/C21H21N3O5/c1-14-11-16(23-22-15-7-5-4-6-8-15)9-10-18(14)24-13-29-12-17(20(25)27-2)19(24)21(26)28-3/h4-11H,12-13H2,1-3H3. The summed E-state index contributed by atoms with van der Waals surface area (Å²) in [6.45, 7) is 1.94. The lowest BCUT2D eigenvalue weighted by Gasteiger charge is -2.32. The number of carbonyl (C=O) groups excluding carboxylic acids is 2. The zero-order valence-electron chi connectivity index (χ0n) is 16.4. The average Bonchev–Trinajstić information content (AvgIpc) is 2.77. The van der Waals surface area contributed by atoms with Gasteiger partial charge in [-0.25, -0.2) is 9.59 Å². The molecule has 3 rings (SSSR count). The van der Waals surface area contributed by atoms with Crippen LogP contribution in [0.2, 0.25) is 0 Å². The number of hydrogen-bond donors (Lipinski definition) is 0. The smallest absolute Gasteiger partial charge is 0.355 e. The zero-order valence-corrected chi connectivity index (χ0v) is 16.4. The highest BCUT2D eigenvalue weighted by Gasteiger charge is 2.32. The Balaban J connectivity index is 1.95. The first kappa shape index (κ1) is 20.2. The summed E-state index contributed by atoms with van der Waals surface area (Å²) < 4.78 is 15.2. The number of anilines is 1. The number of azo groups is 1. The SMILES string of the molecule is COC(=O)C1=C(C(=O)OC)N(c2ccc(N=Nc3ccccc3)cc2C)COC1. The molecule has 1 aliphatic rings.